The summed E-state index contributed by atoms with van der Waals surface area (Å²) >= 11 is 0. The van der Waals surface area contributed by atoms with Crippen molar-refractivity contribution in [2.75, 3.05) is 13.6 Å². The molecule has 1 heterocycles. The topological polar surface area (TPSA) is 37.8 Å². The van der Waals surface area contributed by atoms with Crippen LogP contribution in [-0.4, -0.2) is 23.6 Å². The zero-order chi connectivity index (χ0) is 9.80. The van der Waals surface area contributed by atoms with E-state index < -0.39 is 0 Å². The van der Waals surface area contributed by atoms with Crippen molar-refractivity contribution in [3.05, 3.63) is 23.3 Å². The number of fused-ring (bicyclic) bond motifs is 1. The Kier molecular flexibility index (Phi) is 3.09. The highest BCUT2D eigenvalue weighted by molar-refractivity contribution is 5.20. The Labute approximate surface area is 85.0 Å². The van der Waals surface area contributed by atoms with E-state index in [1.54, 1.807) is 0 Å². The van der Waals surface area contributed by atoms with Gasteiger partial charge in [0.1, 0.15) is 5.82 Å². The van der Waals surface area contributed by atoms with Crippen molar-refractivity contribution >= 4 is 0 Å². The second kappa shape index (κ2) is 4.51. The molecule has 0 aromatic carbocycles. The van der Waals surface area contributed by atoms with Crippen molar-refractivity contribution in [3.63, 3.8) is 0 Å². The molecule has 0 atom stereocenters. The molecule has 0 radical (unpaired) electrons. The summed E-state index contributed by atoms with van der Waals surface area (Å²) < 4.78 is 0. The maximum atomic E-state index is 4.60. The van der Waals surface area contributed by atoms with E-state index in [2.05, 4.69) is 15.3 Å². The third-order valence-electron chi connectivity index (χ3n) is 2.71. The number of nitrogens with zero attached hydrogens (tertiary/aromatic N) is 2. The summed E-state index contributed by atoms with van der Waals surface area (Å²) in [5, 5.41) is 3.12. The number of likely N-dealkylation sites (N-methyl/N-ethyl adjacent to an activating group) is 1. The fourth-order valence-electron chi connectivity index (χ4n) is 1.87. The minimum Gasteiger partial charge on any atom is -0.319 e. The van der Waals surface area contributed by atoms with Crippen molar-refractivity contribution in [2.24, 2.45) is 0 Å². The standard InChI is InChI=1S/C11H17N3/c1-12-7-6-11-13-8-9-4-2-3-5-10(9)14-11/h8,12H,2-7H2,1H3. The maximum Gasteiger partial charge on any atom is 0.129 e. The van der Waals surface area contributed by atoms with Crippen LogP contribution in [0, 0.1) is 0 Å². The molecule has 1 aliphatic carbocycles. The van der Waals surface area contributed by atoms with E-state index in [0.717, 1.165) is 25.2 Å². The van der Waals surface area contributed by atoms with Gasteiger partial charge in [-0.25, -0.2) is 9.97 Å². The highest BCUT2D eigenvalue weighted by atomic mass is 14.9. The second-order valence-electron chi connectivity index (χ2n) is 3.82. The van der Waals surface area contributed by atoms with Gasteiger partial charge in [-0.2, -0.15) is 0 Å². The van der Waals surface area contributed by atoms with E-state index in [0.29, 0.717) is 0 Å². The van der Waals surface area contributed by atoms with Crippen LogP contribution in [0.5, 0.6) is 0 Å². The largest absolute Gasteiger partial charge is 0.319 e. The Bertz CT molecular complexity index is 309. The molecule has 0 aliphatic heterocycles. The summed E-state index contributed by atoms with van der Waals surface area (Å²) in [6, 6.07) is 0. The van der Waals surface area contributed by atoms with Crippen molar-refractivity contribution in [3.8, 4) is 0 Å². The molecule has 0 saturated carbocycles. The molecule has 0 fully saturated rings. The van der Waals surface area contributed by atoms with Crippen LogP contribution in [0.15, 0.2) is 6.20 Å². The molecule has 0 amide bonds. The molecule has 1 N–H and O–H groups in total. The first kappa shape index (κ1) is 9.59. The highest BCUT2D eigenvalue weighted by Gasteiger charge is 2.11. The molecule has 14 heavy (non-hydrogen) atoms. The quantitative estimate of drug-likeness (QED) is 0.778. The average Bonchev–Trinajstić information content (AvgIpc) is 2.26. The van der Waals surface area contributed by atoms with Crippen molar-refractivity contribution in [2.45, 2.75) is 32.1 Å². The van der Waals surface area contributed by atoms with Crippen LogP contribution < -0.4 is 5.32 Å². The van der Waals surface area contributed by atoms with E-state index in [4.69, 9.17) is 0 Å². The van der Waals surface area contributed by atoms with Crippen LogP contribution in [0.4, 0.5) is 0 Å². The molecule has 1 aliphatic rings. The summed E-state index contributed by atoms with van der Waals surface area (Å²) in [5.74, 6) is 0.986. The van der Waals surface area contributed by atoms with Gasteiger partial charge in [-0.05, 0) is 38.3 Å². The molecule has 3 nitrogen and oxygen atoms in total. The van der Waals surface area contributed by atoms with Crippen molar-refractivity contribution in [1.29, 1.82) is 0 Å². The third kappa shape index (κ3) is 2.10. The molecule has 0 unspecified atom stereocenters. The van der Waals surface area contributed by atoms with Gasteiger partial charge in [0, 0.05) is 24.9 Å². The van der Waals surface area contributed by atoms with Crippen LogP contribution in [-0.2, 0) is 19.3 Å². The van der Waals surface area contributed by atoms with Gasteiger partial charge in [-0.15, -0.1) is 0 Å². The first-order valence-electron chi connectivity index (χ1n) is 5.38. The monoisotopic (exact) mass is 191 g/mol. The van der Waals surface area contributed by atoms with Gasteiger partial charge in [0.05, 0.1) is 0 Å². The van der Waals surface area contributed by atoms with E-state index in [-0.39, 0.29) is 0 Å². The summed E-state index contributed by atoms with van der Waals surface area (Å²) in [6.45, 7) is 0.957. The first-order chi connectivity index (χ1) is 6.90. The maximum absolute atomic E-state index is 4.60. The number of hydrogen-bond donors (Lipinski definition) is 1. The Morgan fingerprint density at radius 1 is 1.36 bits per heavy atom. The van der Waals surface area contributed by atoms with Gasteiger partial charge in [0.2, 0.25) is 0 Å². The fourth-order valence-corrected chi connectivity index (χ4v) is 1.87. The molecule has 0 saturated heterocycles. The normalized spacial score (nSPS) is 15.2. The average molecular weight is 191 g/mol. The zero-order valence-electron chi connectivity index (χ0n) is 8.71. The number of rotatable bonds is 3. The highest BCUT2D eigenvalue weighted by Crippen LogP contribution is 2.18. The molecule has 3 heteroatoms. The van der Waals surface area contributed by atoms with Crippen LogP contribution in [0.3, 0.4) is 0 Å². The van der Waals surface area contributed by atoms with Gasteiger partial charge in [0.25, 0.3) is 0 Å². The van der Waals surface area contributed by atoms with Crippen LogP contribution in [0.25, 0.3) is 0 Å². The minimum atomic E-state index is 0.934. The number of nitrogens with one attached hydrogen (secondary N) is 1. The molecule has 0 bridgehead atoms. The van der Waals surface area contributed by atoms with E-state index in [1.807, 2.05) is 13.2 Å². The molecule has 76 valence electrons. The van der Waals surface area contributed by atoms with Gasteiger partial charge >= 0.3 is 0 Å². The van der Waals surface area contributed by atoms with Gasteiger partial charge in [-0.1, -0.05) is 0 Å². The lowest BCUT2D eigenvalue weighted by Crippen LogP contribution is -2.14. The summed E-state index contributed by atoms with van der Waals surface area (Å²) in [6.07, 6.45) is 7.85. The van der Waals surface area contributed by atoms with Crippen LogP contribution in [0.1, 0.15) is 29.9 Å². The predicted molar refractivity (Wildman–Crippen MR) is 56.3 cm³/mol. The second-order valence-corrected chi connectivity index (χ2v) is 3.82. The lowest BCUT2D eigenvalue weighted by atomic mass is 9.97. The Morgan fingerprint density at radius 3 is 3.07 bits per heavy atom. The first-order valence-corrected chi connectivity index (χ1v) is 5.38. The summed E-state index contributed by atoms with van der Waals surface area (Å²) in [4.78, 5) is 8.98. The predicted octanol–water partition coefficient (Wildman–Crippen LogP) is 1.12. The third-order valence-corrected chi connectivity index (χ3v) is 2.71. The SMILES string of the molecule is CNCCc1ncc2c(n1)CCCC2. The molecule has 1 aromatic rings. The van der Waals surface area contributed by atoms with Gasteiger partial charge in [0.15, 0.2) is 0 Å². The lowest BCUT2D eigenvalue weighted by molar-refractivity contribution is 0.648. The van der Waals surface area contributed by atoms with Crippen LogP contribution >= 0.6 is 0 Å². The van der Waals surface area contributed by atoms with Crippen molar-refractivity contribution in [1.82, 2.24) is 15.3 Å². The van der Waals surface area contributed by atoms with Gasteiger partial charge < -0.3 is 5.32 Å². The van der Waals surface area contributed by atoms with Crippen LogP contribution in [0.2, 0.25) is 0 Å². The number of hydrogen-bond acceptors (Lipinski definition) is 3. The summed E-state index contributed by atoms with van der Waals surface area (Å²) in [5.41, 5.74) is 2.65. The van der Waals surface area contributed by atoms with E-state index in [1.165, 1.54) is 30.5 Å². The fraction of sp³-hybridized carbons (Fsp3) is 0.636. The van der Waals surface area contributed by atoms with Crippen molar-refractivity contribution < 1.29 is 0 Å². The van der Waals surface area contributed by atoms with E-state index in [9.17, 15) is 0 Å². The Balaban J connectivity index is 2.12. The molecule has 2 rings (SSSR count). The minimum absolute atomic E-state index is 0.934. The molecular formula is C11H17N3. The molecule has 0 spiro atoms. The summed E-state index contributed by atoms with van der Waals surface area (Å²) in [7, 11) is 1.96. The van der Waals surface area contributed by atoms with Gasteiger partial charge in [-0.3, -0.25) is 0 Å². The smallest absolute Gasteiger partial charge is 0.129 e. The molecule has 1 aromatic heterocycles. The lowest BCUT2D eigenvalue weighted by Gasteiger charge is -2.14. The Morgan fingerprint density at radius 2 is 2.21 bits per heavy atom. The molecular weight excluding hydrogens is 174 g/mol. The zero-order valence-corrected chi connectivity index (χ0v) is 8.71. The number of aryl methyl sites for hydroxylation is 2. The van der Waals surface area contributed by atoms with E-state index >= 15 is 0 Å². The Hall–Kier alpha value is -0.960. The number of aromatic nitrogens is 2.